The number of hydrogen-bond acceptors (Lipinski definition) is 5. The Labute approximate surface area is 186 Å². The molecule has 33 heavy (non-hydrogen) atoms. The minimum atomic E-state index is -4.70. The van der Waals surface area contributed by atoms with Gasteiger partial charge in [-0.2, -0.15) is 13.2 Å². The number of anilines is 2. The summed E-state index contributed by atoms with van der Waals surface area (Å²) in [6.07, 6.45) is -3.20. The van der Waals surface area contributed by atoms with E-state index in [0.29, 0.717) is 6.26 Å². The van der Waals surface area contributed by atoms with E-state index in [1.54, 1.807) is 18.6 Å². The SMILES string of the molecule is CC(C)Nc1nc(C(F)(F)F)ccc1C=C(Cc1cc(F)c(NS(C)(=O)=O)c(F)c1)C(N)=O. The normalized spacial score (nSPS) is 12.7. The van der Waals surface area contributed by atoms with Gasteiger partial charge >= 0.3 is 6.18 Å². The molecule has 4 N–H and O–H groups in total. The van der Waals surface area contributed by atoms with Crippen molar-refractivity contribution in [3.8, 4) is 0 Å². The van der Waals surface area contributed by atoms with Crippen LogP contribution in [0.4, 0.5) is 33.5 Å². The van der Waals surface area contributed by atoms with Gasteiger partial charge < -0.3 is 11.1 Å². The Morgan fingerprint density at radius 3 is 2.21 bits per heavy atom. The Hall–Kier alpha value is -3.22. The molecule has 1 heterocycles. The summed E-state index contributed by atoms with van der Waals surface area (Å²) in [6, 6.07) is 3.13. The van der Waals surface area contributed by atoms with Gasteiger partial charge in [0, 0.05) is 23.6 Å². The minimum absolute atomic E-state index is 0.0626. The van der Waals surface area contributed by atoms with E-state index in [-0.39, 0.29) is 35.0 Å². The summed E-state index contributed by atoms with van der Waals surface area (Å²) in [5.74, 6) is -3.59. The third-order valence-electron chi connectivity index (χ3n) is 4.07. The van der Waals surface area contributed by atoms with Crippen LogP contribution in [0, 0.1) is 11.6 Å². The lowest BCUT2D eigenvalue weighted by Gasteiger charge is -2.15. The maximum absolute atomic E-state index is 14.3. The number of aromatic nitrogens is 1. The number of carbonyl (C=O) groups is 1. The van der Waals surface area contributed by atoms with Gasteiger partial charge in [-0.15, -0.1) is 0 Å². The predicted molar refractivity (Wildman–Crippen MR) is 114 cm³/mol. The van der Waals surface area contributed by atoms with Crippen LogP contribution in [0.3, 0.4) is 0 Å². The predicted octanol–water partition coefficient (Wildman–Crippen LogP) is 3.68. The Morgan fingerprint density at radius 2 is 1.76 bits per heavy atom. The molecule has 1 aromatic heterocycles. The molecule has 2 rings (SSSR count). The van der Waals surface area contributed by atoms with Crippen molar-refractivity contribution in [3.05, 3.63) is 58.3 Å². The smallest absolute Gasteiger partial charge is 0.367 e. The van der Waals surface area contributed by atoms with E-state index in [0.717, 1.165) is 24.3 Å². The molecule has 180 valence electrons. The van der Waals surface area contributed by atoms with Gasteiger partial charge in [-0.1, -0.05) is 0 Å². The first-order chi connectivity index (χ1) is 15.1. The summed E-state index contributed by atoms with van der Waals surface area (Å²) in [6.45, 7) is 3.34. The third-order valence-corrected chi connectivity index (χ3v) is 4.65. The average molecular weight is 492 g/mol. The number of nitrogens with two attached hydrogens (primary N) is 1. The molecule has 0 radical (unpaired) electrons. The molecule has 0 unspecified atom stereocenters. The number of carbonyl (C=O) groups excluding carboxylic acids is 1. The van der Waals surface area contributed by atoms with E-state index in [1.807, 2.05) is 0 Å². The van der Waals surface area contributed by atoms with Gasteiger partial charge in [-0.3, -0.25) is 9.52 Å². The van der Waals surface area contributed by atoms with Crippen LogP contribution in [0.2, 0.25) is 0 Å². The molecule has 0 aliphatic rings. The molecule has 1 aromatic carbocycles. The van der Waals surface area contributed by atoms with E-state index in [1.165, 1.54) is 6.08 Å². The lowest BCUT2D eigenvalue weighted by molar-refractivity contribution is -0.141. The molecule has 13 heteroatoms. The first kappa shape index (κ1) is 26.0. The Bertz CT molecular complexity index is 1170. The summed E-state index contributed by atoms with van der Waals surface area (Å²) < 4.78 is 91.8. The quantitative estimate of drug-likeness (QED) is 0.384. The molecule has 0 fully saturated rings. The molecule has 0 saturated heterocycles. The molecule has 1 amide bonds. The van der Waals surface area contributed by atoms with Crippen LogP contribution >= 0.6 is 0 Å². The van der Waals surface area contributed by atoms with E-state index in [2.05, 4.69) is 10.3 Å². The van der Waals surface area contributed by atoms with Gasteiger partial charge in [0.2, 0.25) is 15.9 Å². The summed E-state index contributed by atoms with van der Waals surface area (Å²) in [7, 11) is -3.95. The van der Waals surface area contributed by atoms with Crippen molar-refractivity contribution < 1.29 is 35.2 Å². The largest absolute Gasteiger partial charge is 0.433 e. The summed E-state index contributed by atoms with van der Waals surface area (Å²) >= 11 is 0. The summed E-state index contributed by atoms with van der Waals surface area (Å²) in [5.41, 5.74) is 3.19. The lowest BCUT2D eigenvalue weighted by atomic mass is 10.0. The van der Waals surface area contributed by atoms with Crippen molar-refractivity contribution in [2.75, 3.05) is 16.3 Å². The van der Waals surface area contributed by atoms with Gasteiger partial charge in [0.05, 0.1) is 6.26 Å². The number of amides is 1. The number of nitrogens with one attached hydrogen (secondary N) is 2. The van der Waals surface area contributed by atoms with Crippen molar-refractivity contribution in [2.45, 2.75) is 32.5 Å². The maximum atomic E-state index is 14.3. The molecular weight excluding hydrogens is 471 g/mol. The number of rotatable bonds is 8. The Morgan fingerprint density at radius 1 is 1.18 bits per heavy atom. The van der Waals surface area contributed by atoms with Crippen LogP contribution in [0.5, 0.6) is 0 Å². The van der Waals surface area contributed by atoms with Gasteiger partial charge in [-0.25, -0.2) is 22.2 Å². The molecule has 0 atom stereocenters. The van der Waals surface area contributed by atoms with Crippen molar-refractivity contribution in [1.29, 1.82) is 0 Å². The third kappa shape index (κ3) is 7.41. The highest BCUT2D eigenvalue weighted by atomic mass is 32.2. The summed E-state index contributed by atoms with van der Waals surface area (Å²) in [5, 5.41) is 2.75. The number of halogens is 5. The minimum Gasteiger partial charge on any atom is -0.367 e. The Balaban J connectivity index is 2.49. The molecule has 2 aromatic rings. The van der Waals surface area contributed by atoms with Crippen LogP contribution in [0.1, 0.15) is 30.7 Å². The molecule has 0 saturated carbocycles. The highest BCUT2D eigenvalue weighted by molar-refractivity contribution is 7.92. The summed E-state index contributed by atoms with van der Waals surface area (Å²) in [4.78, 5) is 15.5. The molecule has 0 bridgehead atoms. The van der Waals surface area contributed by atoms with Crippen LogP contribution < -0.4 is 15.8 Å². The number of nitrogens with zero attached hydrogens (tertiary/aromatic N) is 1. The fourth-order valence-corrected chi connectivity index (χ4v) is 3.33. The second kappa shape index (κ2) is 9.73. The van der Waals surface area contributed by atoms with E-state index < -0.39 is 45.1 Å². The van der Waals surface area contributed by atoms with Gasteiger partial charge in [-0.05, 0) is 49.8 Å². The van der Waals surface area contributed by atoms with Gasteiger partial charge in [0.25, 0.3) is 0 Å². The first-order valence-corrected chi connectivity index (χ1v) is 11.3. The number of alkyl halides is 3. The standard InChI is InChI=1S/C20H21F5N4O3S/c1-10(2)27-19-12(4-5-16(28-19)20(23,24)25)9-13(18(26)30)6-11-7-14(21)17(15(22)8-11)29-33(3,31)32/h4-5,7-10,29H,6H2,1-3H3,(H2,26,30)(H,27,28). The van der Waals surface area contributed by atoms with Crippen molar-refractivity contribution in [2.24, 2.45) is 5.73 Å². The van der Waals surface area contributed by atoms with Crippen molar-refractivity contribution >= 4 is 33.5 Å². The number of benzene rings is 1. The number of hydrogen-bond donors (Lipinski definition) is 3. The van der Waals surface area contributed by atoms with Gasteiger partial charge in [0.1, 0.15) is 17.2 Å². The highest BCUT2D eigenvalue weighted by Crippen LogP contribution is 2.31. The number of primary amides is 1. The molecule has 7 nitrogen and oxygen atoms in total. The Kier molecular flexibility index (Phi) is 7.68. The number of pyridine rings is 1. The first-order valence-electron chi connectivity index (χ1n) is 9.37. The lowest BCUT2D eigenvalue weighted by Crippen LogP contribution is -2.18. The fraction of sp³-hybridized carbons (Fsp3) is 0.300. The second-order valence-electron chi connectivity index (χ2n) is 7.45. The van der Waals surface area contributed by atoms with E-state index in [4.69, 9.17) is 5.73 Å². The van der Waals surface area contributed by atoms with Crippen molar-refractivity contribution in [3.63, 3.8) is 0 Å². The number of sulfonamides is 1. The maximum Gasteiger partial charge on any atom is 0.433 e. The zero-order valence-electron chi connectivity index (χ0n) is 17.7. The molecule has 0 aliphatic carbocycles. The van der Waals surface area contributed by atoms with Crippen LogP contribution in [0.25, 0.3) is 6.08 Å². The highest BCUT2D eigenvalue weighted by Gasteiger charge is 2.33. The molecular formula is C20H21F5N4O3S. The monoisotopic (exact) mass is 492 g/mol. The van der Waals surface area contributed by atoms with Crippen LogP contribution in [-0.4, -0.2) is 31.6 Å². The van der Waals surface area contributed by atoms with E-state index >= 15 is 0 Å². The molecule has 0 aliphatic heterocycles. The van der Waals surface area contributed by atoms with Crippen LogP contribution in [-0.2, 0) is 27.4 Å². The van der Waals surface area contributed by atoms with Gasteiger partial charge in [0.15, 0.2) is 11.6 Å². The fourth-order valence-electron chi connectivity index (χ4n) is 2.76. The zero-order valence-corrected chi connectivity index (χ0v) is 18.5. The average Bonchev–Trinajstić information content (AvgIpc) is 2.63. The zero-order chi connectivity index (χ0) is 25.1. The van der Waals surface area contributed by atoms with Crippen molar-refractivity contribution in [1.82, 2.24) is 4.98 Å². The molecule has 0 spiro atoms. The second-order valence-corrected chi connectivity index (χ2v) is 9.20. The topological polar surface area (TPSA) is 114 Å². The van der Waals surface area contributed by atoms with E-state index in [9.17, 15) is 35.2 Å². The van der Waals surface area contributed by atoms with Crippen LogP contribution in [0.15, 0.2) is 29.8 Å².